The maximum absolute atomic E-state index is 12.8. The molecule has 0 saturated carbocycles. The largest absolute Gasteiger partial charge is 0.445 e. The number of benzene rings is 2. The van der Waals surface area contributed by atoms with E-state index in [1.54, 1.807) is 24.4 Å². The van der Waals surface area contributed by atoms with Gasteiger partial charge in [0.2, 0.25) is 11.8 Å². The number of likely N-dealkylation sites (tertiary alicyclic amines) is 1. The summed E-state index contributed by atoms with van der Waals surface area (Å²) in [4.78, 5) is 30.7. The maximum atomic E-state index is 12.8. The van der Waals surface area contributed by atoms with Crippen LogP contribution in [0.1, 0.15) is 12.0 Å². The second-order valence-electron chi connectivity index (χ2n) is 7.01. The maximum Gasteiger partial charge on any atom is 0.410 e. The van der Waals surface area contributed by atoms with Gasteiger partial charge in [-0.05, 0) is 23.8 Å². The van der Waals surface area contributed by atoms with E-state index in [4.69, 9.17) is 9.15 Å². The van der Waals surface area contributed by atoms with Gasteiger partial charge in [-0.25, -0.2) is 9.78 Å². The molecular weight excluding hydrogens is 386 g/mol. The SMILES string of the molecule is O=C(Nc1cccc(-c2ncco2)c1)[C@@H]1C[C@@H](O)CN1C(=O)OCc1ccccc1. The molecule has 1 saturated heterocycles. The molecule has 2 amide bonds. The monoisotopic (exact) mass is 407 g/mol. The molecule has 0 aliphatic carbocycles. The molecule has 8 nitrogen and oxygen atoms in total. The fourth-order valence-corrected chi connectivity index (χ4v) is 3.39. The van der Waals surface area contributed by atoms with Gasteiger partial charge in [-0.15, -0.1) is 0 Å². The first-order chi connectivity index (χ1) is 14.6. The number of carbonyl (C=O) groups is 2. The van der Waals surface area contributed by atoms with E-state index in [2.05, 4.69) is 10.3 Å². The van der Waals surface area contributed by atoms with Crippen LogP contribution < -0.4 is 5.32 Å². The molecule has 2 heterocycles. The number of amides is 2. The van der Waals surface area contributed by atoms with Gasteiger partial charge < -0.3 is 19.6 Å². The number of anilines is 1. The Bertz CT molecular complexity index is 1010. The summed E-state index contributed by atoms with van der Waals surface area (Å²) in [5.74, 6) is 0.0428. The van der Waals surface area contributed by atoms with E-state index < -0.39 is 24.1 Å². The van der Waals surface area contributed by atoms with Crippen LogP contribution in [0.4, 0.5) is 10.5 Å². The number of nitrogens with zero attached hydrogens (tertiary/aromatic N) is 2. The number of aliphatic hydroxyl groups is 1. The van der Waals surface area contributed by atoms with Gasteiger partial charge in [-0.1, -0.05) is 36.4 Å². The molecule has 2 atom stereocenters. The van der Waals surface area contributed by atoms with Crippen molar-refractivity contribution in [3.05, 3.63) is 72.6 Å². The van der Waals surface area contributed by atoms with Crippen LogP contribution >= 0.6 is 0 Å². The lowest BCUT2D eigenvalue weighted by molar-refractivity contribution is -0.120. The summed E-state index contributed by atoms with van der Waals surface area (Å²) >= 11 is 0. The van der Waals surface area contributed by atoms with Crippen LogP contribution in [0.5, 0.6) is 0 Å². The van der Waals surface area contributed by atoms with Gasteiger partial charge in [0.1, 0.15) is 18.9 Å². The Morgan fingerprint density at radius 2 is 2.03 bits per heavy atom. The van der Waals surface area contributed by atoms with Crippen molar-refractivity contribution in [3.8, 4) is 11.5 Å². The molecule has 1 aliphatic rings. The molecule has 0 bridgehead atoms. The quantitative estimate of drug-likeness (QED) is 0.674. The van der Waals surface area contributed by atoms with Crippen molar-refractivity contribution in [2.24, 2.45) is 0 Å². The summed E-state index contributed by atoms with van der Waals surface area (Å²) in [6.07, 6.45) is 1.73. The van der Waals surface area contributed by atoms with Crippen molar-refractivity contribution in [2.45, 2.75) is 25.2 Å². The third-order valence-corrected chi connectivity index (χ3v) is 4.83. The van der Waals surface area contributed by atoms with Crippen molar-refractivity contribution >= 4 is 17.7 Å². The zero-order chi connectivity index (χ0) is 20.9. The molecule has 2 N–H and O–H groups in total. The minimum atomic E-state index is -0.825. The van der Waals surface area contributed by atoms with Crippen molar-refractivity contribution in [1.29, 1.82) is 0 Å². The van der Waals surface area contributed by atoms with Crippen LogP contribution in [0.3, 0.4) is 0 Å². The predicted octanol–water partition coefficient (Wildman–Crippen LogP) is 3.05. The number of rotatable bonds is 5. The molecule has 4 rings (SSSR count). The fraction of sp³-hybridized carbons (Fsp3) is 0.227. The van der Waals surface area contributed by atoms with Gasteiger partial charge in [0.25, 0.3) is 0 Å². The summed E-state index contributed by atoms with van der Waals surface area (Å²) in [6, 6.07) is 15.5. The zero-order valence-electron chi connectivity index (χ0n) is 16.1. The van der Waals surface area contributed by atoms with E-state index >= 15 is 0 Å². The minimum Gasteiger partial charge on any atom is -0.445 e. The molecule has 1 fully saturated rings. The molecule has 0 radical (unpaired) electrons. The highest BCUT2D eigenvalue weighted by Crippen LogP contribution is 2.24. The number of ether oxygens (including phenoxy) is 1. The summed E-state index contributed by atoms with van der Waals surface area (Å²) < 4.78 is 10.6. The van der Waals surface area contributed by atoms with Crippen LogP contribution in [-0.4, -0.2) is 45.7 Å². The number of carbonyl (C=O) groups excluding carboxylic acids is 2. The van der Waals surface area contributed by atoms with Crippen LogP contribution in [0.2, 0.25) is 0 Å². The number of aromatic nitrogens is 1. The van der Waals surface area contributed by atoms with E-state index in [9.17, 15) is 14.7 Å². The average Bonchev–Trinajstić information content (AvgIpc) is 3.43. The van der Waals surface area contributed by atoms with E-state index in [0.29, 0.717) is 17.1 Å². The minimum absolute atomic E-state index is 0.0437. The molecule has 154 valence electrons. The highest BCUT2D eigenvalue weighted by molar-refractivity contribution is 5.97. The first-order valence-electron chi connectivity index (χ1n) is 9.56. The van der Waals surface area contributed by atoms with Crippen LogP contribution in [-0.2, 0) is 16.1 Å². The number of hydrogen-bond donors (Lipinski definition) is 2. The highest BCUT2D eigenvalue weighted by Gasteiger charge is 2.40. The predicted molar refractivity (Wildman–Crippen MR) is 108 cm³/mol. The summed E-state index contributed by atoms with van der Waals surface area (Å²) in [5.41, 5.74) is 2.09. The standard InChI is InChI=1S/C22H21N3O5/c26-18-12-19(25(13-18)22(28)30-14-15-5-2-1-3-6-15)20(27)24-17-8-4-7-16(11-17)21-23-9-10-29-21/h1-11,18-19,26H,12-14H2,(H,24,27)/t18-,19+/m1/s1. The lowest BCUT2D eigenvalue weighted by atomic mass is 10.1. The Morgan fingerprint density at radius 1 is 1.20 bits per heavy atom. The molecule has 1 aromatic heterocycles. The van der Waals surface area contributed by atoms with Crippen LogP contribution in [0.25, 0.3) is 11.5 Å². The second-order valence-corrected chi connectivity index (χ2v) is 7.01. The molecular formula is C22H21N3O5. The zero-order valence-corrected chi connectivity index (χ0v) is 16.1. The van der Waals surface area contributed by atoms with Gasteiger partial charge in [0, 0.05) is 17.7 Å². The molecule has 30 heavy (non-hydrogen) atoms. The summed E-state index contributed by atoms with van der Waals surface area (Å²) in [6.45, 7) is 0.140. The van der Waals surface area contributed by atoms with Crippen molar-refractivity contribution in [2.75, 3.05) is 11.9 Å². The van der Waals surface area contributed by atoms with Crippen LogP contribution in [0.15, 0.2) is 71.5 Å². The van der Waals surface area contributed by atoms with E-state index in [-0.39, 0.29) is 19.6 Å². The highest BCUT2D eigenvalue weighted by atomic mass is 16.6. The smallest absolute Gasteiger partial charge is 0.410 e. The fourth-order valence-electron chi connectivity index (χ4n) is 3.39. The first kappa shape index (κ1) is 19.7. The Morgan fingerprint density at radius 3 is 2.80 bits per heavy atom. The molecule has 8 heteroatoms. The van der Waals surface area contributed by atoms with Crippen LogP contribution in [0, 0.1) is 0 Å². The number of aliphatic hydroxyl groups excluding tert-OH is 1. The normalized spacial score (nSPS) is 18.2. The Kier molecular flexibility index (Phi) is 5.76. The average molecular weight is 407 g/mol. The lowest BCUT2D eigenvalue weighted by Crippen LogP contribution is -2.43. The molecule has 0 unspecified atom stereocenters. The topological polar surface area (TPSA) is 105 Å². The third-order valence-electron chi connectivity index (χ3n) is 4.83. The van der Waals surface area contributed by atoms with E-state index in [1.807, 2.05) is 36.4 Å². The molecule has 1 aliphatic heterocycles. The van der Waals surface area contributed by atoms with E-state index in [0.717, 1.165) is 5.56 Å². The number of hydrogen-bond acceptors (Lipinski definition) is 6. The van der Waals surface area contributed by atoms with Gasteiger partial charge in [0.05, 0.1) is 18.8 Å². The van der Waals surface area contributed by atoms with Gasteiger partial charge >= 0.3 is 6.09 Å². The van der Waals surface area contributed by atoms with Gasteiger partial charge in [-0.3, -0.25) is 9.69 Å². The molecule has 2 aromatic carbocycles. The van der Waals surface area contributed by atoms with E-state index in [1.165, 1.54) is 11.2 Å². The molecule has 0 spiro atoms. The third kappa shape index (κ3) is 4.49. The summed E-state index contributed by atoms with van der Waals surface area (Å²) in [7, 11) is 0. The van der Waals surface area contributed by atoms with Gasteiger partial charge in [0.15, 0.2) is 0 Å². The Labute approximate surface area is 173 Å². The van der Waals surface area contributed by atoms with Crippen molar-refractivity contribution in [1.82, 2.24) is 9.88 Å². The van der Waals surface area contributed by atoms with Crippen molar-refractivity contribution < 1.29 is 23.8 Å². The number of nitrogens with one attached hydrogen (secondary N) is 1. The molecule has 3 aromatic rings. The number of oxazole rings is 1. The Balaban J connectivity index is 1.42. The summed E-state index contributed by atoms with van der Waals surface area (Å²) in [5, 5.41) is 12.8. The lowest BCUT2D eigenvalue weighted by Gasteiger charge is -2.23. The van der Waals surface area contributed by atoms with Crippen molar-refractivity contribution in [3.63, 3.8) is 0 Å². The second kappa shape index (κ2) is 8.79. The Hall–Kier alpha value is -3.65. The number of β-amino-alcohol motifs (C(OH)–C–C–N with tert-alkyl or cyclic N) is 1. The van der Waals surface area contributed by atoms with Gasteiger partial charge in [-0.2, -0.15) is 0 Å². The first-order valence-corrected chi connectivity index (χ1v) is 9.56.